The van der Waals surface area contributed by atoms with Gasteiger partial charge in [0.2, 0.25) is 0 Å². The fourth-order valence-corrected chi connectivity index (χ4v) is 3.95. The molecule has 0 spiro atoms. The van der Waals surface area contributed by atoms with E-state index in [0.29, 0.717) is 6.54 Å². The molecule has 2 aliphatic heterocycles. The summed E-state index contributed by atoms with van der Waals surface area (Å²) >= 11 is 0. The van der Waals surface area contributed by atoms with E-state index >= 15 is 0 Å². The van der Waals surface area contributed by atoms with Crippen molar-refractivity contribution in [1.29, 1.82) is 0 Å². The molecule has 2 aromatic rings. The van der Waals surface area contributed by atoms with Crippen LogP contribution in [0, 0.1) is 0 Å². The summed E-state index contributed by atoms with van der Waals surface area (Å²) < 4.78 is 2.21. The molecule has 1 fully saturated rings. The highest BCUT2D eigenvalue weighted by Gasteiger charge is 2.18. The SMILES string of the molecule is CN=C(NCc1nnc2n1CCC2)NC(C)c1cccc(N2CCCC2)c1.I. The lowest BCUT2D eigenvalue weighted by molar-refractivity contribution is 0.646. The number of aromatic nitrogens is 3. The van der Waals surface area contributed by atoms with E-state index in [9.17, 15) is 0 Å². The summed E-state index contributed by atoms with van der Waals surface area (Å²) in [4.78, 5) is 6.84. The predicted molar refractivity (Wildman–Crippen MR) is 123 cm³/mol. The minimum absolute atomic E-state index is 0. The van der Waals surface area contributed by atoms with Gasteiger partial charge in [0, 0.05) is 38.8 Å². The summed E-state index contributed by atoms with van der Waals surface area (Å²) in [6, 6.07) is 9.00. The number of anilines is 1. The van der Waals surface area contributed by atoms with Crippen molar-refractivity contribution in [2.45, 2.75) is 51.7 Å². The topological polar surface area (TPSA) is 70.4 Å². The largest absolute Gasteiger partial charge is 0.372 e. The third kappa shape index (κ3) is 4.59. The zero-order valence-corrected chi connectivity index (χ0v) is 19.0. The van der Waals surface area contributed by atoms with E-state index in [2.05, 4.69) is 66.5 Å². The fourth-order valence-electron chi connectivity index (χ4n) is 3.95. The van der Waals surface area contributed by atoms with E-state index in [1.807, 2.05) is 0 Å². The first kappa shape index (κ1) is 20.9. The molecule has 28 heavy (non-hydrogen) atoms. The molecule has 2 aliphatic rings. The van der Waals surface area contributed by atoms with Crippen molar-refractivity contribution in [1.82, 2.24) is 25.4 Å². The predicted octanol–water partition coefficient (Wildman–Crippen LogP) is 2.87. The number of hydrogen-bond acceptors (Lipinski definition) is 4. The average molecular weight is 495 g/mol. The van der Waals surface area contributed by atoms with Crippen LogP contribution in [0.2, 0.25) is 0 Å². The number of aliphatic imine (C=N–C) groups is 1. The molecule has 1 atom stereocenters. The van der Waals surface area contributed by atoms with Crippen LogP contribution in [0.15, 0.2) is 29.3 Å². The van der Waals surface area contributed by atoms with Gasteiger partial charge in [-0.25, -0.2) is 0 Å². The van der Waals surface area contributed by atoms with Gasteiger partial charge in [0.25, 0.3) is 0 Å². The van der Waals surface area contributed by atoms with Crippen LogP contribution in [0.3, 0.4) is 0 Å². The molecule has 2 N–H and O–H groups in total. The van der Waals surface area contributed by atoms with Crippen LogP contribution in [0.4, 0.5) is 5.69 Å². The van der Waals surface area contributed by atoms with Gasteiger partial charge < -0.3 is 20.1 Å². The van der Waals surface area contributed by atoms with Gasteiger partial charge in [0.05, 0.1) is 12.6 Å². The van der Waals surface area contributed by atoms with Crippen molar-refractivity contribution in [2.24, 2.45) is 4.99 Å². The highest BCUT2D eigenvalue weighted by atomic mass is 127. The molecule has 1 aromatic carbocycles. The third-order valence-corrected chi connectivity index (χ3v) is 5.52. The van der Waals surface area contributed by atoms with Gasteiger partial charge in [-0.2, -0.15) is 0 Å². The maximum atomic E-state index is 4.37. The van der Waals surface area contributed by atoms with Gasteiger partial charge in [0.1, 0.15) is 5.82 Å². The van der Waals surface area contributed by atoms with Crippen molar-refractivity contribution in [3.63, 3.8) is 0 Å². The second kappa shape index (κ2) is 9.58. The van der Waals surface area contributed by atoms with E-state index < -0.39 is 0 Å². The molecule has 0 radical (unpaired) electrons. The number of halogens is 1. The molecular formula is C20H30IN7. The second-order valence-corrected chi connectivity index (χ2v) is 7.37. The molecule has 0 aliphatic carbocycles. The number of fused-ring (bicyclic) bond motifs is 1. The monoisotopic (exact) mass is 495 g/mol. The first-order valence-electron chi connectivity index (χ1n) is 9.97. The molecule has 152 valence electrons. The lowest BCUT2D eigenvalue weighted by Gasteiger charge is -2.22. The van der Waals surface area contributed by atoms with Crippen molar-refractivity contribution in [3.8, 4) is 0 Å². The van der Waals surface area contributed by atoms with Crippen molar-refractivity contribution in [2.75, 3.05) is 25.0 Å². The van der Waals surface area contributed by atoms with Crippen LogP contribution in [-0.4, -0.2) is 40.9 Å². The standard InChI is InChI=1S/C20H29N7.HI/c1-15(16-7-5-8-17(13-16)26-10-3-4-11-26)23-20(21-2)22-14-19-25-24-18-9-6-12-27(18)19;/h5,7-8,13,15H,3-4,6,9-12,14H2,1-2H3,(H2,21,22,23);1H. The van der Waals surface area contributed by atoms with E-state index in [1.54, 1.807) is 7.05 Å². The molecular weight excluding hydrogens is 465 g/mol. The minimum Gasteiger partial charge on any atom is -0.372 e. The number of nitrogens with zero attached hydrogens (tertiary/aromatic N) is 5. The van der Waals surface area contributed by atoms with Gasteiger partial charge >= 0.3 is 0 Å². The summed E-state index contributed by atoms with van der Waals surface area (Å²) in [5, 5.41) is 15.4. The quantitative estimate of drug-likeness (QED) is 0.380. The van der Waals surface area contributed by atoms with Gasteiger partial charge in [-0.05, 0) is 43.9 Å². The van der Waals surface area contributed by atoms with Gasteiger partial charge in [-0.15, -0.1) is 34.2 Å². The number of rotatable bonds is 5. The van der Waals surface area contributed by atoms with E-state index in [0.717, 1.165) is 50.1 Å². The van der Waals surface area contributed by atoms with Gasteiger partial charge in [-0.1, -0.05) is 12.1 Å². The molecule has 0 amide bonds. The Labute approximate surface area is 184 Å². The molecule has 7 nitrogen and oxygen atoms in total. The Hall–Kier alpha value is -1.84. The Morgan fingerprint density at radius 1 is 1.18 bits per heavy atom. The zero-order valence-electron chi connectivity index (χ0n) is 16.7. The molecule has 0 bridgehead atoms. The molecule has 1 unspecified atom stereocenters. The summed E-state index contributed by atoms with van der Waals surface area (Å²) in [6.45, 7) is 6.15. The summed E-state index contributed by atoms with van der Waals surface area (Å²) in [5.41, 5.74) is 2.59. The van der Waals surface area contributed by atoms with E-state index in [4.69, 9.17) is 0 Å². The maximum absolute atomic E-state index is 4.37. The van der Waals surface area contributed by atoms with Crippen LogP contribution in [0.25, 0.3) is 0 Å². The highest BCUT2D eigenvalue weighted by molar-refractivity contribution is 14.0. The Morgan fingerprint density at radius 3 is 2.79 bits per heavy atom. The Bertz CT molecular complexity index is 811. The van der Waals surface area contributed by atoms with E-state index in [-0.39, 0.29) is 30.0 Å². The minimum atomic E-state index is 0. The third-order valence-electron chi connectivity index (χ3n) is 5.52. The summed E-state index contributed by atoms with van der Waals surface area (Å²) in [5.74, 6) is 2.86. The van der Waals surface area contributed by atoms with Crippen molar-refractivity contribution < 1.29 is 0 Å². The molecule has 4 rings (SSSR count). The van der Waals surface area contributed by atoms with Crippen molar-refractivity contribution in [3.05, 3.63) is 41.5 Å². The normalized spacial score (nSPS) is 17.2. The molecule has 8 heteroatoms. The average Bonchev–Trinajstić information content (AvgIpc) is 3.44. The van der Waals surface area contributed by atoms with Gasteiger partial charge in [0.15, 0.2) is 11.8 Å². The first-order chi connectivity index (χ1) is 13.2. The first-order valence-corrected chi connectivity index (χ1v) is 9.97. The lowest BCUT2D eigenvalue weighted by Crippen LogP contribution is -2.38. The smallest absolute Gasteiger partial charge is 0.191 e. The molecule has 1 aromatic heterocycles. The number of benzene rings is 1. The maximum Gasteiger partial charge on any atom is 0.191 e. The van der Waals surface area contributed by atoms with Crippen LogP contribution >= 0.6 is 24.0 Å². The number of guanidine groups is 1. The highest BCUT2D eigenvalue weighted by Crippen LogP contribution is 2.24. The van der Waals surface area contributed by atoms with E-state index in [1.165, 1.54) is 24.1 Å². The van der Waals surface area contributed by atoms with Crippen LogP contribution < -0.4 is 15.5 Å². The Kier molecular flexibility index (Phi) is 7.14. The Morgan fingerprint density at radius 2 is 2.00 bits per heavy atom. The number of nitrogens with one attached hydrogen (secondary N) is 2. The Balaban J connectivity index is 0.00000225. The summed E-state index contributed by atoms with van der Waals surface area (Å²) in [6.07, 6.45) is 4.78. The van der Waals surface area contributed by atoms with Crippen molar-refractivity contribution >= 4 is 35.6 Å². The lowest BCUT2D eigenvalue weighted by atomic mass is 10.1. The van der Waals surface area contributed by atoms with Crippen LogP contribution in [0.1, 0.15) is 49.4 Å². The van der Waals surface area contributed by atoms with Gasteiger partial charge in [-0.3, -0.25) is 4.99 Å². The fraction of sp³-hybridized carbons (Fsp3) is 0.550. The molecule has 3 heterocycles. The van der Waals surface area contributed by atoms with Crippen LogP contribution in [0.5, 0.6) is 0 Å². The summed E-state index contributed by atoms with van der Waals surface area (Å²) in [7, 11) is 1.80. The zero-order chi connectivity index (χ0) is 18.6. The van der Waals surface area contributed by atoms with Crippen LogP contribution in [-0.2, 0) is 19.5 Å². The second-order valence-electron chi connectivity index (χ2n) is 7.37. The number of aryl methyl sites for hydroxylation is 1. The molecule has 1 saturated heterocycles. The number of hydrogen-bond donors (Lipinski definition) is 2. The molecule has 0 saturated carbocycles.